The molecule has 0 saturated heterocycles. The predicted octanol–water partition coefficient (Wildman–Crippen LogP) is 5.39. The van der Waals surface area contributed by atoms with Gasteiger partial charge in [-0.1, -0.05) is 38.1 Å². The van der Waals surface area contributed by atoms with E-state index in [1.807, 2.05) is 41.3 Å². The van der Waals surface area contributed by atoms with E-state index in [0.717, 1.165) is 16.8 Å². The molecule has 2 aromatic heterocycles. The second-order valence-corrected chi connectivity index (χ2v) is 6.77. The number of aromatic hydroxyl groups is 1. The lowest BCUT2D eigenvalue weighted by molar-refractivity contribution is 0.473. The van der Waals surface area contributed by atoms with Gasteiger partial charge in [-0.25, -0.2) is 0 Å². The van der Waals surface area contributed by atoms with Crippen molar-refractivity contribution in [1.29, 1.82) is 0 Å². The van der Waals surface area contributed by atoms with Crippen LogP contribution in [0.4, 0.5) is 11.7 Å². The lowest BCUT2D eigenvalue weighted by atomic mass is 10.0. The summed E-state index contributed by atoms with van der Waals surface area (Å²) in [7, 11) is 0. The summed E-state index contributed by atoms with van der Waals surface area (Å²) < 4.78 is 6.02. The van der Waals surface area contributed by atoms with E-state index in [1.54, 1.807) is 18.3 Å². The minimum Gasteiger partial charge on any atom is -0.506 e. The first-order chi connectivity index (χ1) is 13.1. The monoisotopic (exact) mass is 359 g/mol. The van der Waals surface area contributed by atoms with Crippen molar-refractivity contribution >= 4 is 22.8 Å². The quantitative estimate of drug-likeness (QED) is 0.517. The molecule has 0 radical (unpaired) electrons. The highest BCUT2D eigenvalue weighted by atomic mass is 16.4. The number of fused-ring (bicyclic) bond motifs is 1. The van der Waals surface area contributed by atoms with Crippen LogP contribution in [0, 0.1) is 0 Å². The normalized spacial score (nSPS) is 11.2. The zero-order valence-electron chi connectivity index (χ0n) is 15.3. The molecule has 0 spiro atoms. The number of aromatic nitrogens is 2. The number of anilines is 2. The predicted molar refractivity (Wildman–Crippen MR) is 106 cm³/mol. The maximum atomic E-state index is 10.4. The number of oxazole rings is 1. The molecule has 5 heteroatoms. The highest BCUT2D eigenvalue weighted by Gasteiger charge is 2.20. The van der Waals surface area contributed by atoms with Crippen molar-refractivity contribution in [3.05, 3.63) is 78.1 Å². The van der Waals surface area contributed by atoms with Crippen LogP contribution in [-0.2, 0) is 6.54 Å². The summed E-state index contributed by atoms with van der Waals surface area (Å²) in [5, 5.41) is 10.4. The molecule has 2 heterocycles. The van der Waals surface area contributed by atoms with Crippen molar-refractivity contribution in [2.24, 2.45) is 0 Å². The lowest BCUT2D eigenvalue weighted by Crippen LogP contribution is -2.17. The minimum absolute atomic E-state index is 0.165. The van der Waals surface area contributed by atoms with E-state index in [0.29, 0.717) is 24.2 Å². The zero-order valence-corrected chi connectivity index (χ0v) is 15.3. The van der Waals surface area contributed by atoms with Gasteiger partial charge in [0.15, 0.2) is 5.58 Å². The Morgan fingerprint density at radius 2 is 1.85 bits per heavy atom. The molecule has 27 heavy (non-hydrogen) atoms. The molecule has 0 aliphatic carbocycles. The van der Waals surface area contributed by atoms with E-state index in [9.17, 15) is 5.11 Å². The Balaban J connectivity index is 1.80. The third kappa shape index (κ3) is 3.49. The van der Waals surface area contributed by atoms with Crippen molar-refractivity contribution in [3.8, 4) is 5.75 Å². The van der Waals surface area contributed by atoms with Gasteiger partial charge >= 0.3 is 6.01 Å². The molecule has 0 unspecified atom stereocenters. The Morgan fingerprint density at radius 1 is 1.04 bits per heavy atom. The number of hydrogen-bond donors (Lipinski definition) is 1. The van der Waals surface area contributed by atoms with Gasteiger partial charge in [-0.3, -0.25) is 9.88 Å². The van der Waals surface area contributed by atoms with E-state index >= 15 is 0 Å². The molecule has 0 aliphatic rings. The average Bonchev–Trinajstić information content (AvgIpc) is 3.10. The van der Waals surface area contributed by atoms with E-state index < -0.39 is 0 Å². The first-order valence-corrected chi connectivity index (χ1v) is 8.98. The summed E-state index contributed by atoms with van der Waals surface area (Å²) in [4.78, 5) is 10.9. The second-order valence-electron chi connectivity index (χ2n) is 6.77. The number of nitrogens with zero attached hydrogens (tertiary/aromatic N) is 3. The highest BCUT2D eigenvalue weighted by Crippen LogP contribution is 2.35. The fourth-order valence-electron chi connectivity index (χ4n) is 3.01. The Hall–Kier alpha value is -3.34. The highest BCUT2D eigenvalue weighted by molar-refractivity contribution is 5.77. The number of hydrogen-bond acceptors (Lipinski definition) is 5. The minimum atomic E-state index is 0.165. The van der Waals surface area contributed by atoms with E-state index in [1.165, 1.54) is 5.56 Å². The fraction of sp³-hybridized carbons (Fsp3) is 0.182. The average molecular weight is 359 g/mol. The smallest absolute Gasteiger partial charge is 0.303 e. The Kier molecular flexibility index (Phi) is 4.50. The molecule has 5 nitrogen and oxygen atoms in total. The van der Waals surface area contributed by atoms with E-state index in [4.69, 9.17) is 9.40 Å². The first kappa shape index (κ1) is 17.1. The largest absolute Gasteiger partial charge is 0.506 e. The number of phenols is 1. The summed E-state index contributed by atoms with van der Waals surface area (Å²) in [6.45, 7) is 4.73. The molecule has 0 saturated carbocycles. The van der Waals surface area contributed by atoms with Gasteiger partial charge in [0, 0.05) is 6.20 Å². The van der Waals surface area contributed by atoms with Crippen LogP contribution in [0.3, 0.4) is 0 Å². The van der Waals surface area contributed by atoms with Crippen LogP contribution in [0.1, 0.15) is 31.0 Å². The summed E-state index contributed by atoms with van der Waals surface area (Å²) in [5.74, 6) is 0.580. The zero-order chi connectivity index (χ0) is 18.8. The van der Waals surface area contributed by atoms with Crippen molar-refractivity contribution in [2.75, 3.05) is 4.90 Å². The standard InChI is InChI=1S/C22H21N3O2/c1-15(2)16-10-11-21-18(13-16)24-22(27-21)25(14-17-7-5-6-12-23-17)19-8-3-4-9-20(19)26/h3-13,15,26H,14H2,1-2H3. The van der Waals surface area contributed by atoms with Gasteiger partial charge in [-0.15, -0.1) is 0 Å². The van der Waals surface area contributed by atoms with Crippen LogP contribution in [0.2, 0.25) is 0 Å². The van der Waals surface area contributed by atoms with Gasteiger partial charge in [-0.2, -0.15) is 4.98 Å². The molecular weight excluding hydrogens is 338 g/mol. The van der Waals surface area contributed by atoms with Crippen LogP contribution in [0.15, 0.2) is 71.3 Å². The van der Waals surface area contributed by atoms with Crippen molar-refractivity contribution in [1.82, 2.24) is 9.97 Å². The van der Waals surface area contributed by atoms with E-state index in [2.05, 4.69) is 31.0 Å². The van der Waals surface area contributed by atoms with Gasteiger partial charge in [-0.05, 0) is 47.9 Å². The van der Waals surface area contributed by atoms with Crippen LogP contribution in [0.25, 0.3) is 11.1 Å². The molecule has 136 valence electrons. The second kappa shape index (κ2) is 7.11. The van der Waals surface area contributed by atoms with Gasteiger partial charge in [0.1, 0.15) is 11.3 Å². The van der Waals surface area contributed by atoms with Gasteiger partial charge in [0.05, 0.1) is 17.9 Å². The maximum absolute atomic E-state index is 10.4. The molecule has 4 rings (SSSR count). The molecule has 1 N–H and O–H groups in total. The van der Waals surface area contributed by atoms with Crippen LogP contribution >= 0.6 is 0 Å². The third-order valence-corrected chi connectivity index (χ3v) is 4.52. The molecule has 0 atom stereocenters. The molecule has 4 aromatic rings. The van der Waals surface area contributed by atoms with Crippen molar-refractivity contribution < 1.29 is 9.52 Å². The van der Waals surface area contributed by atoms with Crippen molar-refractivity contribution in [2.45, 2.75) is 26.3 Å². The molecule has 0 bridgehead atoms. The molecule has 0 amide bonds. The Morgan fingerprint density at radius 3 is 2.59 bits per heavy atom. The molecule has 0 aliphatic heterocycles. The topological polar surface area (TPSA) is 62.4 Å². The van der Waals surface area contributed by atoms with Crippen LogP contribution < -0.4 is 4.90 Å². The molecule has 0 fully saturated rings. The summed E-state index contributed by atoms with van der Waals surface area (Å²) in [6, 6.07) is 19.4. The van der Waals surface area contributed by atoms with Gasteiger partial charge < -0.3 is 9.52 Å². The number of para-hydroxylation sites is 2. The SMILES string of the molecule is CC(C)c1ccc2oc(N(Cc3ccccn3)c3ccccc3O)nc2c1. The summed E-state index contributed by atoms with van der Waals surface area (Å²) in [5.41, 5.74) is 4.21. The number of benzene rings is 2. The van der Waals surface area contributed by atoms with E-state index in [-0.39, 0.29) is 5.75 Å². The van der Waals surface area contributed by atoms with Gasteiger partial charge in [0.2, 0.25) is 0 Å². The summed E-state index contributed by atoms with van der Waals surface area (Å²) >= 11 is 0. The Bertz CT molecular complexity index is 1060. The number of phenolic OH excluding ortho intramolecular Hbond substituents is 1. The van der Waals surface area contributed by atoms with Crippen molar-refractivity contribution in [3.63, 3.8) is 0 Å². The number of pyridine rings is 1. The lowest BCUT2D eigenvalue weighted by Gasteiger charge is -2.21. The molecular formula is C22H21N3O2. The summed E-state index contributed by atoms with van der Waals surface area (Å²) in [6.07, 6.45) is 1.75. The number of rotatable bonds is 5. The third-order valence-electron chi connectivity index (χ3n) is 4.52. The Labute approximate surface area is 157 Å². The van der Waals surface area contributed by atoms with Crippen LogP contribution in [0.5, 0.6) is 5.75 Å². The van der Waals surface area contributed by atoms with Gasteiger partial charge in [0.25, 0.3) is 0 Å². The van der Waals surface area contributed by atoms with Crippen LogP contribution in [-0.4, -0.2) is 15.1 Å². The fourth-order valence-corrected chi connectivity index (χ4v) is 3.01. The maximum Gasteiger partial charge on any atom is 0.303 e. The first-order valence-electron chi connectivity index (χ1n) is 8.98. The molecule has 2 aromatic carbocycles.